The molecule has 0 saturated carbocycles. The fraction of sp³-hybridized carbons (Fsp3) is 0.667. The van der Waals surface area contributed by atoms with Crippen molar-refractivity contribution in [2.75, 3.05) is 6.54 Å². The van der Waals surface area contributed by atoms with Crippen molar-refractivity contribution in [3.8, 4) is 0 Å². The first-order valence-corrected chi connectivity index (χ1v) is 2.54. The SMILES string of the molecule is CCNC(=S)[S-].[Ag+]. The van der Waals surface area contributed by atoms with Crippen molar-refractivity contribution in [2.45, 2.75) is 6.92 Å². The molecule has 0 fully saturated rings. The molecule has 1 nitrogen and oxygen atoms in total. The number of rotatable bonds is 1. The summed E-state index contributed by atoms with van der Waals surface area (Å²) >= 11 is 9.00. The largest absolute Gasteiger partial charge is 1.00 e. The molecule has 0 aromatic heterocycles. The van der Waals surface area contributed by atoms with Crippen LogP contribution < -0.4 is 5.32 Å². The Labute approximate surface area is 70.2 Å². The molecule has 0 radical (unpaired) electrons. The zero-order valence-electron chi connectivity index (χ0n) is 3.83. The standard InChI is InChI=1S/C3H7NS2.Ag/c1-2-4-3(5)6;/h2H2,1H3,(H2,4,5,6);/q;+1/p-1. The van der Waals surface area contributed by atoms with Gasteiger partial charge in [-0.2, -0.15) is 0 Å². The van der Waals surface area contributed by atoms with E-state index in [9.17, 15) is 0 Å². The Morgan fingerprint density at radius 1 is 1.86 bits per heavy atom. The van der Waals surface area contributed by atoms with Gasteiger partial charge in [-0.1, -0.05) is 4.32 Å². The van der Waals surface area contributed by atoms with Crippen molar-refractivity contribution in [2.24, 2.45) is 0 Å². The van der Waals surface area contributed by atoms with Gasteiger partial charge in [-0.25, -0.2) is 0 Å². The minimum absolute atomic E-state index is 0. The van der Waals surface area contributed by atoms with Gasteiger partial charge in [0.1, 0.15) is 0 Å². The zero-order valence-corrected chi connectivity index (χ0v) is 6.94. The van der Waals surface area contributed by atoms with Gasteiger partial charge in [0.05, 0.1) is 0 Å². The summed E-state index contributed by atoms with van der Waals surface area (Å²) in [7, 11) is 0. The molecule has 1 N–H and O–H groups in total. The van der Waals surface area contributed by atoms with E-state index in [1.807, 2.05) is 6.92 Å². The van der Waals surface area contributed by atoms with E-state index in [0.29, 0.717) is 4.32 Å². The van der Waals surface area contributed by atoms with Gasteiger partial charge in [-0.15, -0.1) is 0 Å². The van der Waals surface area contributed by atoms with Crippen molar-refractivity contribution in [3.05, 3.63) is 0 Å². The molecule has 0 heterocycles. The molecule has 0 rings (SSSR count). The fourth-order valence-electron chi connectivity index (χ4n) is 0.144. The monoisotopic (exact) mass is 227 g/mol. The molecule has 0 spiro atoms. The third kappa shape index (κ3) is 10.9. The van der Waals surface area contributed by atoms with Gasteiger partial charge in [0.25, 0.3) is 0 Å². The summed E-state index contributed by atoms with van der Waals surface area (Å²) < 4.78 is 0.456. The second kappa shape index (κ2) is 6.85. The number of thiocarbonyl (C=S) groups is 1. The summed E-state index contributed by atoms with van der Waals surface area (Å²) in [6, 6.07) is 0. The molecule has 0 unspecified atom stereocenters. The number of hydrogen-bond donors (Lipinski definition) is 1. The maximum atomic E-state index is 4.50. The molecule has 0 aromatic carbocycles. The van der Waals surface area contributed by atoms with E-state index in [0.717, 1.165) is 6.54 Å². The van der Waals surface area contributed by atoms with Gasteiger partial charge >= 0.3 is 22.4 Å². The van der Waals surface area contributed by atoms with Crippen molar-refractivity contribution in [3.63, 3.8) is 0 Å². The summed E-state index contributed by atoms with van der Waals surface area (Å²) in [5.41, 5.74) is 0. The van der Waals surface area contributed by atoms with Crippen LogP contribution in [0.4, 0.5) is 0 Å². The Kier molecular flexibility index (Phi) is 10.5. The smallest absolute Gasteiger partial charge is 0.412 e. The molecule has 0 amide bonds. The average Bonchev–Trinajstić information content (AvgIpc) is 1.35. The summed E-state index contributed by atoms with van der Waals surface area (Å²) in [6.07, 6.45) is 0. The summed E-state index contributed by atoms with van der Waals surface area (Å²) in [5.74, 6) is 0. The normalized spacial score (nSPS) is 6.43. The number of hydrogen-bond acceptors (Lipinski definition) is 2. The van der Waals surface area contributed by atoms with Gasteiger partial charge < -0.3 is 30.2 Å². The molecule has 0 saturated heterocycles. The maximum Gasteiger partial charge on any atom is 1.00 e. The van der Waals surface area contributed by atoms with E-state index >= 15 is 0 Å². The third-order valence-electron chi connectivity index (χ3n) is 0.321. The molecular weight excluding hydrogens is 222 g/mol. The minimum atomic E-state index is 0. The van der Waals surface area contributed by atoms with E-state index in [-0.39, 0.29) is 22.4 Å². The van der Waals surface area contributed by atoms with Crippen LogP contribution in [0.15, 0.2) is 0 Å². The molecule has 4 heteroatoms. The molecular formula is C3H6AgNS2. The van der Waals surface area contributed by atoms with E-state index < -0.39 is 0 Å². The molecule has 46 valence electrons. The molecule has 0 aromatic rings. The number of nitrogens with one attached hydrogen (secondary N) is 1. The van der Waals surface area contributed by atoms with Crippen molar-refractivity contribution < 1.29 is 22.4 Å². The van der Waals surface area contributed by atoms with Crippen LogP contribution in [-0.2, 0) is 35.0 Å². The minimum Gasteiger partial charge on any atom is -0.412 e. The van der Waals surface area contributed by atoms with Crippen molar-refractivity contribution in [1.29, 1.82) is 0 Å². The summed E-state index contributed by atoms with van der Waals surface area (Å²) in [6.45, 7) is 2.79. The Balaban J connectivity index is 0. The first kappa shape index (κ1) is 10.8. The van der Waals surface area contributed by atoms with Gasteiger partial charge in [0, 0.05) is 6.54 Å². The zero-order chi connectivity index (χ0) is 4.99. The average molecular weight is 228 g/mol. The second-order valence-electron chi connectivity index (χ2n) is 0.818. The van der Waals surface area contributed by atoms with Crippen LogP contribution in [0.3, 0.4) is 0 Å². The molecule has 0 bridgehead atoms. The van der Waals surface area contributed by atoms with Crippen LogP contribution in [0.2, 0.25) is 0 Å². The Morgan fingerprint density at radius 3 is 2.29 bits per heavy atom. The van der Waals surface area contributed by atoms with Crippen molar-refractivity contribution >= 4 is 29.2 Å². The quantitative estimate of drug-likeness (QED) is 0.397. The van der Waals surface area contributed by atoms with Gasteiger partial charge in [-0.05, 0) is 6.92 Å². The predicted molar refractivity (Wildman–Crippen MR) is 33.6 cm³/mol. The first-order valence-electron chi connectivity index (χ1n) is 1.72. The van der Waals surface area contributed by atoms with Crippen LogP contribution in [-0.4, -0.2) is 10.9 Å². The van der Waals surface area contributed by atoms with Crippen LogP contribution in [0.25, 0.3) is 0 Å². The first-order chi connectivity index (χ1) is 2.77. The van der Waals surface area contributed by atoms with Crippen LogP contribution in [0, 0.1) is 0 Å². The van der Waals surface area contributed by atoms with E-state index in [2.05, 4.69) is 30.2 Å². The molecule has 0 atom stereocenters. The van der Waals surface area contributed by atoms with Gasteiger partial charge in [-0.3, -0.25) is 0 Å². The Morgan fingerprint density at radius 2 is 2.29 bits per heavy atom. The van der Waals surface area contributed by atoms with E-state index in [4.69, 9.17) is 0 Å². The van der Waals surface area contributed by atoms with Gasteiger partial charge in [0.15, 0.2) is 0 Å². The van der Waals surface area contributed by atoms with E-state index in [1.54, 1.807) is 0 Å². The topological polar surface area (TPSA) is 12.0 Å². The third-order valence-corrected chi connectivity index (χ3v) is 0.610. The molecule has 0 aliphatic carbocycles. The van der Waals surface area contributed by atoms with Crippen LogP contribution in [0.1, 0.15) is 6.92 Å². The second-order valence-corrected chi connectivity index (χ2v) is 1.89. The predicted octanol–water partition coefficient (Wildman–Crippen LogP) is 0.425. The van der Waals surface area contributed by atoms with E-state index in [1.165, 1.54) is 0 Å². The summed E-state index contributed by atoms with van der Waals surface area (Å²) in [5, 5.41) is 2.75. The van der Waals surface area contributed by atoms with Crippen LogP contribution in [0.5, 0.6) is 0 Å². The molecule has 7 heavy (non-hydrogen) atoms. The van der Waals surface area contributed by atoms with Crippen LogP contribution >= 0.6 is 12.2 Å². The van der Waals surface area contributed by atoms with Gasteiger partial charge in [0.2, 0.25) is 0 Å². The fourth-order valence-corrected chi connectivity index (χ4v) is 0.433. The Bertz CT molecular complexity index is 56.9. The van der Waals surface area contributed by atoms with Crippen molar-refractivity contribution in [1.82, 2.24) is 5.32 Å². The molecule has 0 aliphatic heterocycles. The Hall–Kier alpha value is 0.850. The maximum absolute atomic E-state index is 4.50. The molecule has 0 aliphatic rings. The summed E-state index contributed by atoms with van der Waals surface area (Å²) in [4.78, 5) is 0.